The number of anilines is 1. The normalized spacial score (nSPS) is 9.93. The first-order valence-electron chi connectivity index (χ1n) is 4.40. The molecule has 76 valence electrons. The van der Waals surface area contributed by atoms with Gasteiger partial charge in [0.2, 0.25) is 5.91 Å². The first-order chi connectivity index (χ1) is 7.25. The lowest BCUT2D eigenvalue weighted by atomic mass is 10.3. The van der Waals surface area contributed by atoms with Crippen molar-refractivity contribution in [3.05, 3.63) is 29.8 Å². The van der Waals surface area contributed by atoms with Gasteiger partial charge in [0.1, 0.15) is 5.69 Å². The van der Waals surface area contributed by atoms with Crippen LogP contribution in [0.3, 0.4) is 0 Å². The molecule has 0 fully saturated rings. The van der Waals surface area contributed by atoms with Crippen molar-refractivity contribution in [2.75, 3.05) is 5.32 Å². The maximum absolute atomic E-state index is 10.8. The molecule has 0 spiro atoms. The number of pyridine rings is 1. The van der Waals surface area contributed by atoms with E-state index in [4.69, 9.17) is 0 Å². The van der Waals surface area contributed by atoms with Gasteiger partial charge in [0.25, 0.3) is 0 Å². The van der Waals surface area contributed by atoms with Gasteiger partial charge >= 0.3 is 0 Å². The summed E-state index contributed by atoms with van der Waals surface area (Å²) in [6, 6.07) is 5.64. The molecule has 0 bridgehead atoms. The largest absolute Gasteiger partial charge is 0.302 e. The van der Waals surface area contributed by atoms with E-state index in [-0.39, 0.29) is 5.91 Å². The summed E-state index contributed by atoms with van der Waals surface area (Å²) in [5, 5.41) is 5.10. The second-order valence-corrected chi connectivity index (χ2v) is 3.79. The molecule has 1 amide bonds. The van der Waals surface area contributed by atoms with Gasteiger partial charge in [0.05, 0.1) is 5.69 Å². The molecule has 5 heteroatoms. The van der Waals surface area contributed by atoms with Crippen LogP contribution in [0.1, 0.15) is 6.92 Å². The molecular weight excluding hydrogens is 210 g/mol. The van der Waals surface area contributed by atoms with Crippen LogP contribution in [0.4, 0.5) is 5.13 Å². The fourth-order valence-electron chi connectivity index (χ4n) is 1.11. The maximum atomic E-state index is 10.8. The number of carbonyl (C=O) groups excluding carboxylic acids is 1. The standard InChI is InChI=1S/C10H9N3OS/c1-7(14)12-10-13-9(6-15-10)8-4-2-3-5-11-8/h2-6H,1H3,(H,12,13,14). The SMILES string of the molecule is CC(=O)Nc1nc(-c2ccccn2)cs1. The Labute approximate surface area is 91.0 Å². The lowest BCUT2D eigenvalue weighted by Gasteiger charge is -1.94. The smallest absolute Gasteiger partial charge is 0.223 e. The lowest BCUT2D eigenvalue weighted by Crippen LogP contribution is -2.04. The van der Waals surface area contributed by atoms with Crippen LogP contribution < -0.4 is 5.32 Å². The molecule has 0 aliphatic rings. The Bertz CT molecular complexity index is 467. The van der Waals surface area contributed by atoms with Crippen molar-refractivity contribution in [2.45, 2.75) is 6.92 Å². The summed E-state index contributed by atoms with van der Waals surface area (Å²) in [7, 11) is 0. The molecule has 0 unspecified atom stereocenters. The summed E-state index contributed by atoms with van der Waals surface area (Å²) in [5.41, 5.74) is 1.59. The molecule has 0 atom stereocenters. The van der Waals surface area contributed by atoms with E-state index in [1.807, 2.05) is 23.6 Å². The van der Waals surface area contributed by atoms with Crippen LogP contribution in [-0.2, 0) is 4.79 Å². The van der Waals surface area contributed by atoms with Gasteiger partial charge in [0, 0.05) is 18.5 Å². The molecule has 0 radical (unpaired) electrons. The number of rotatable bonds is 2. The van der Waals surface area contributed by atoms with Gasteiger partial charge in [-0.25, -0.2) is 4.98 Å². The quantitative estimate of drug-likeness (QED) is 0.842. The van der Waals surface area contributed by atoms with E-state index in [2.05, 4.69) is 15.3 Å². The Balaban J connectivity index is 2.24. The predicted molar refractivity (Wildman–Crippen MR) is 59.6 cm³/mol. The monoisotopic (exact) mass is 219 g/mol. The molecule has 0 saturated carbocycles. The second kappa shape index (κ2) is 4.18. The van der Waals surface area contributed by atoms with Gasteiger partial charge in [0.15, 0.2) is 5.13 Å². The summed E-state index contributed by atoms with van der Waals surface area (Å²) in [4.78, 5) is 19.2. The number of nitrogens with one attached hydrogen (secondary N) is 1. The van der Waals surface area contributed by atoms with Gasteiger partial charge in [-0.1, -0.05) is 6.07 Å². The molecule has 15 heavy (non-hydrogen) atoms. The van der Waals surface area contributed by atoms with Gasteiger partial charge < -0.3 is 5.32 Å². The Morgan fingerprint density at radius 1 is 1.40 bits per heavy atom. The van der Waals surface area contributed by atoms with Gasteiger partial charge in [-0.2, -0.15) is 0 Å². The zero-order valence-corrected chi connectivity index (χ0v) is 8.91. The third-order valence-electron chi connectivity index (χ3n) is 1.71. The molecule has 2 heterocycles. The topological polar surface area (TPSA) is 54.9 Å². The third-order valence-corrected chi connectivity index (χ3v) is 2.47. The van der Waals surface area contributed by atoms with Crippen molar-refractivity contribution >= 4 is 22.4 Å². The van der Waals surface area contributed by atoms with E-state index < -0.39 is 0 Å². The molecule has 2 aromatic rings. The molecule has 1 N–H and O–H groups in total. The number of amides is 1. The first kappa shape index (κ1) is 9.79. The van der Waals surface area contributed by atoms with Crippen molar-refractivity contribution in [1.82, 2.24) is 9.97 Å². The number of aromatic nitrogens is 2. The molecule has 2 rings (SSSR count). The highest BCUT2D eigenvalue weighted by Crippen LogP contribution is 2.22. The van der Waals surface area contributed by atoms with Crippen molar-refractivity contribution < 1.29 is 4.79 Å². The third kappa shape index (κ3) is 2.38. The van der Waals surface area contributed by atoms with E-state index >= 15 is 0 Å². The van der Waals surface area contributed by atoms with Crippen molar-refractivity contribution in [1.29, 1.82) is 0 Å². The average Bonchev–Trinajstić information content (AvgIpc) is 2.67. The van der Waals surface area contributed by atoms with Gasteiger partial charge in [-0.05, 0) is 12.1 Å². The summed E-state index contributed by atoms with van der Waals surface area (Å²) in [6.45, 7) is 1.46. The highest BCUT2D eigenvalue weighted by Gasteiger charge is 2.05. The van der Waals surface area contributed by atoms with Crippen LogP contribution in [0.25, 0.3) is 11.4 Å². The minimum Gasteiger partial charge on any atom is -0.302 e. The Kier molecular flexibility index (Phi) is 2.73. The lowest BCUT2D eigenvalue weighted by molar-refractivity contribution is -0.114. The van der Waals surface area contributed by atoms with Crippen LogP contribution in [0.2, 0.25) is 0 Å². The summed E-state index contributed by atoms with van der Waals surface area (Å²) >= 11 is 1.39. The minimum absolute atomic E-state index is 0.114. The number of nitrogens with zero attached hydrogens (tertiary/aromatic N) is 2. The van der Waals surface area contributed by atoms with E-state index in [0.29, 0.717) is 5.13 Å². The first-order valence-corrected chi connectivity index (χ1v) is 5.28. The Hall–Kier alpha value is -1.75. The molecule has 0 aliphatic carbocycles. The number of hydrogen-bond donors (Lipinski definition) is 1. The molecular formula is C10H9N3OS. The molecule has 0 aliphatic heterocycles. The number of thiazole rings is 1. The summed E-state index contributed by atoms with van der Waals surface area (Å²) in [5.74, 6) is -0.114. The van der Waals surface area contributed by atoms with Crippen molar-refractivity contribution in [3.8, 4) is 11.4 Å². The van der Waals surface area contributed by atoms with Crippen LogP contribution >= 0.6 is 11.3 Å². The predicted octanol–water partition coefficient (Wildman–Crippen LogP) is 2.16. The highest BCUT2D eigenvalue weighted by molar-refractivity contribution is 7.14. The molecule has 0 aromatic carbocycles. The second-order valence-electron chi connectivity index (χ2n) is 2.93. The van der Waals surface area contributed by atoms with Crippen molar-refractivity contribution in [2.24, 2.45) is 0 Å². The number of hydrogen-bond acceptors (Lipinski definition) is 4. The zero-order chi connectivity index (χ0) is 10.7. The van der Waals surface area contributed by atoms with Crippen LogP contribution in [0.15, 0.2) is 29.8 Å². The average molecular weight is 219 g/mol. The van der Waals surface area contributed by atoms with Crippen LogP contribution in [0.5, 0.6) is 0 Å². The van der Waals surface area contributed by atoms with Gasteiger partial charge in [-0.15, -0.1) is 11.3 Å². The molecule has 0 saturated heterocycles. The zero-order valence-electron chi connectivity index (χ0n) is 8.10. The summed E-state index contributed by atoms with van der Waals surface area (Å²) < 4.78 is 0. The van der Waals surface area contributed by atoms with Crippen LogP contribution in [0, 0.1) is 0 Å². The fraction of sp³-hybridized carbons (Fsp3) is 0.100. The number of carbonyl (C=O) groups is 1. The van der Waals surface area contributed by atoms with E-state index in [9.17, 15) is 4.79 Å². The van der Waals surface area contributed by atoms with Gasteiger partial charge in [-0.3, -0.25) is 9.78 Å². The molecule has 2 aromatic heterocycles. The van der Waals surface area contributed by atoms with Crippen LogP contribution in [-0.4, -0.2) is 15.9 Å². The minimum atomic E-state index is -0.114. The van der Waals surface area contributed by atoms with E-state index in [1.165, 1.54) is 18.3 Å². The Morgan fingerprint density at radius 2 is 2.27 bits per heavy atom. The maximum Gasteiger partial charge on any atom is 0.223 e. The highest BCUT2D eigenvalue weighted by atomic mass is 32.1. The summed E-state index contributed by atoms with van der Waals surface area (Å²) in [6.07, 6.45) is 1.72. The molecule has 4 nitrogen and oxygen atoms in total. The van der Waals surface area contributed by atoms with E-state index in [1.54, 1.807) is 6.20 Å². The van der Waals surface area contributed by atoms with Crippen molar-refractivity contribution in [3.63, 3.8) is 0 Å². The van der Waals surface area contributed by atoms with E-state index in [0.717, 1.165) is 11.4 Å². The fourth-order valence-corrected chi connectivity index (χ4v) is 1.86. The Morgan fingerprint density at radius 3 is 2.93 bits per heavy atom.